The Bertz CT molecular complexity index is 716. The fourth-order valence-electron chi connectivity index (χ4n) is 1.38. The van der Waals surface area contributed by atoms with E-state index in [9.17, 15) is 4.39 Å². The quantitative estimate of drug-likeness (QED) is 0.726. The van der Waals surface area contributed by atoms with Gasteiger partial charge in [-0.05, 0) is 44.6 Å². The third-order valence-electron chi connectivity index (χ3n) is 2.19. The molecule has 2 aromatic heterocycles. The molecular formula is C10H5BrFN5O. The van der Waals surface area contributed by atoms with E-state index in [1.54, 1.807) is 0 Å². The first kappa shape index (κ1) is 11.0. The molecule has 6 nitrogen and oxygen atoms in total. The molecular weight excluding hydrogens is 305 g/mol. The maximum atomic E-state index is 13.1. The lowest BCUT2D eigenvalue weighted by atomic mass is 10.3. The fourth-order valence-corrected chi connectivity index (χ4v) is 1.74. The molecule has 0 aliphatic carbocycles. The van der Waals surface area contributed by atoms with E-state index in [4.69, 9.17) is 4.74 Å². The summed E-state index contributed by atoms with van der Waals surface area (Å²) in [4.78, 5) is 3.95. The van der Waals surface area contributed by atoms with Gasteiger partial charge in [-0.25, -0.2) is 4.39 Å². The van der Waals surface area contributed by atoms with Crippen molar-refractivity contribution < 1.29 is 9.13 Å². The van der Waals surface area contributed by atoms with Crippen molar-refractivity contribution in [2.24, 2.45) is 0 Å². The zero-order chi connectivity index (χ0) is 12.5. The van der Waals surface area contributed by atoms with Crippen LogP contribution in [0.15, 0.2) is 35.1 Å². The third kappa shape index (κ3) is 1.90. The first-order chi connectivity index (χ1) is 8.74. The van der Waals surface area contributed by atoms with Crippen molar-refractivity contribution in [2.75, 3.05) is 0 Å². The number of tetrazole rings is 1. The average Bonchev–Trinajstić information content (AvgIpc) is 2.83. The monoisotopic (exact) mass is 309 g/mol. The van der Waals surface area contributed by atoms with Crippen LogP contribution < -0.4 is 4.74 Å². The molecule has 3 rings (SSSR count). The largest absolute Gasteiger partial charge is 0.437 e. The Kier molecular flexibility index (Phi) is 2.63. The molecule has 0 aliphatic rings. The molecule has 0 N–H and O–H groups in total. The molecule has 0 amide bonds. The Hall–Kier alpha value is -2.09. The minimum absolute atomic E-state index is 0.317. The first-order valence-electron chi connectivity index (χ1n) is 4.89. The molecule has 0 saturated carbocycles. The predicted molar refractivity (Wildman–Crippen MR) is 62.8 cm³/mol. The summed E-state index contributed by atoms with van der Waals surface area (Å²) in [6.45, 7) is 0. The number of halogens is 2. The summed E-state index contributed by atoms with van der Waals surface area (Å²) in [7, 11) is 0. The molecule has 0 aliphatic heterocycles. The molecule has 0 atom stereocenters. The molecule has 3 aromatic rings. The fraction of sp³-hybridized carbons (Fsp3) is 0. The highest BCUT2D eigenvalue weighted by molar-refractivity contribution is 9.10. The van der Waals surface area contributed by atoms with Crippen molar-refractivity contribution in [3.05, 3.63) is 40.9 Å². The SMILES string of the molecule is Fc1ccc(Oc2cncc3nnnn23)cc1Br. The van der Waals surface area contributed by atoms with E-state index in [2.05, 4.69) is 36.4 Å². The Labute approximate surface area is 109 Å². The van der Waals surface area contributed by atoms with Crippen molar-refractivity contribution in [1.29, 1.82) is 0 Å². The lowest BCUT2D eigenvalue weighted by Gasteiger charge is -2.06. The van der Waals surface area contributed by atoms with Crippen LogP contribution in [-0.2, 0) is 0 Å². The maximum absolute atomic E-state index is 13.1. The number of hydrogen-bond donors (Lipinski definition) is 0. The molecule has 0 radical (unpaired) electrons. The van der Waals surface area contributed by atoms with Gasteiger partial charge in [0.05, 0.1) is 16.9 Å². The molecule has 90 valence electrons. The summed E-state index contributed by atoms with van der Waals surface area (Å²) in [6.07, 6.45) is 2.98. The van der Waals surface area contributed by atoms with Crippen LogP contribution in [0.1, 0.15) is 0 Å². The molecule has 18 heavy (non-hydrogen) atoms. The molecule has 0 spiro atoms. The van der Waals surface area contributed by atoms with Crippen molar-refractivity contribution >= 4 is 21.6 Å². The summed E-state index contributed by atoms with van der Waals surface area (Å²) in [5.74, 6) is 0.435. The normalized spacial score (nSPS) is 10.8. The van der Waals surface area contributed by atoms with Gasteiger partial charge in [0.15, 0.2) is 0 Å². The van der Waals surface area contributed by atoms with E-state index in [0.717, 1.165) is 0 Å². The Balaban J connectivity index is 2.01. The molecule has 2 heterocycles. The highest BCUT2D eigenvalue weighted by atomic mass is 79.9. The smallest absolute Gasteiger partial charge is 0.242 e. The second-order valence-corrected chi connectivity index (χ2v) is 4.23. The van der Waals surface area contributed by atoms with Gasteiger partial charge in [-0.3, -0.25) is 4.98 Å². The molecule has 0 unspecified atom stereocenters. The number of rotatable bonds is 2. The molecule has 0 saturated heterocycles. The van der Waals surface area contributed by atoms with Gasteiger partial charge in [-0.1, -0.05) is 0 Å². The predicted octanol–water partition coefficient (Wildman–Crippen LogP) is 2.21. The molecule has 0 fully saturated rings. The van der Waals surface area contributed by atoms with Gasteiger partial charge in [0.2, 0.25) is 11.5 Å². The van der Waals surface area contributed by atoms with Crippen LogP contribution in [0.3, 0.4) is 0 Å². The number of hydrogen-bond acceptors (Lipinski definition) is 5. The minimum Gasteiger partial charge on any atom is -0.437 e. The number of ether oxygens (including phenoxy) is 1. The van der Waals surface area contributed by atoms with Crippen molar-refractivity contribution in [3.8, 4) is 11.6 Å². The maximum Gasteiger partial charge on any atom is 0.242 e. The zero-order valence-corrected chi connectivity index (χ0v) is 10.4. The van der Waals surface area contributed by atoms with Crippen molar-refractivity contribution in [1.82, 2.24) is 25.0 Å². The van der Waals surface area contributed by atoms with Crippen LogP contribution in [0.25, 0.3) is 5.65 Å². The summed E-state index contributed by atoms with van der Waals surface area (Å²) >= 11 is 3.08. The lowest BCUT2D eigenvalue weighted by molar-refractivity contribution is 0.440. The van der Waals surface area contributed by atoms with Crippen LogP contribution in [0.4, 0.5) is 4.39 Å². The van der Waals surface area contributed by atoms with E-state index in [-0.39, 0.29) is 5.82 Å². The van der Waals surface area contributed by atoms with Gasteiger partial charge in [0, 0.05) is 0 Å². The van der Waals surface area contributed by atoms with Crippen LogP contribution in [0, 0.1) is 5.82 Å². The van der Waals surface area contributed by atoms with E-state index < -0.39 is 0 Å². The summed E-state index contributed by atoms with van der Waals surface area (Å²) < 4.78 is 20.3. The van der Waals surface area contributed by atoms with E-state index >= 15 is 0 Å². The minimum atomic E-state index is -0.360. The summed E-state index contributed by atoms with van der Waals surface area (Å²) in [5, 5.41) is 11.0. The van der Waals surface area contributed by atoms with Gasteiger partial charge in [0.1, 0.15) is 11.6 Å². The second kappa shape index (κ2) is 4.30. The number of aromatic nitrogens is 5. The van der Waals surface area contributed by atoms with Gasteiger partial charge in [-0.15, -0.1) is 5.10 Å². The van der Waals surface area contributed by atoms with Gasteiger partial charge >= 0.3 is 0 Å². The highest BCUT2D eigenvalue weighted by Gasteiger charge is 2.07. The third-order valence-corrected chi connectivity index (χ3v) is 2.80. The van der Waals surface area contributed by atoms with Gasteiger partial charge in [0.25, 0.3) is 0 Å². The number of nitrogens with zero attached hydrogens (tertiary/aromatic N) is 5. The van der Waals surface area contributed by atoms with Gasteiger partial charge in [-0.2, -0.15) is 4.52 Å². The lowest BCUT2D eigenvalue weighted by Crippen LogP contribution is -1.97. The first-order valence-corrected chi connectivity index (χ1v) is 5.68. The molecule has 8 heteroatoms. The number of benzene rings is 1. The van der Waals surface area contributed by atoms with Crippen LogP contribution in [-0.4, -0.2) is 25.0 Å². The Morgan fingerprint density at radius 2 is 2.17 bits per heavy atom. The topological polar surface area (TPSA) is 65.2 Å². The van der Waals surface area contributed by atoms with Crippen molar-refractivity contribution in [3.63, 3.8) is 0 Å². The van der Waals surface area contributed by atoms with Crippen LogP contribution >= 0.6 is 15.9 Å². The molecule has 1 aromatic carbocycles. The second-order valence-electron chi connectivity index (χ2n) is 3.37. The zero-order valence-electron chi connectivity index (χ0n) is 8.79. The standard InChI is InChI=1S/C10H5BrFN5O/c11-7-3-6(1-2-8(7)12)18-10-5-13-4-9-14-15-16-17(9)10/h1-5H. The summed E-state index contributed by atoms with van der Waals surface area (Å²) in [6, 6.07) is 4.31. The molecule has 0 bridgehead atoms. The van der Waals surface area contributed by atoms with Crippen LogP contribution in [0.5, 0.6) is 11.6 Å². The summed E-state index contributed by atoms with van der Waals surface area (Å²) in [5.41, 5.74) is 0.466. The van der Waals surface area contributed by atoms with Crippen molar-refractivity contribution in [2.45, 2.75) is 0 Å². The van der Waals surface area contributed by atoms with Gasteiger partial charge < -0.3 is 4.74 Å². The van der Waals surface area contributed by atoms with E-state index in [1.807, 2.05) is 0 Å². The highest BCUT2D eigenvalue weighted by Crippen LogP contribution is 2.25. The number of fused-ring (bicyclic) bond motifs is 1. The van der Waals surface area contributed by atoms with E-state index in [0.29, 0.717) is 21.7 Å². The van der Waals surface area contributed by atoms with E-state index in [1.165, 1.54) is 35.1 Å². The Morgan fingerprint density at radius 3 is 3.00 bits per heavy atom. The van der Waals surface area contributed by atoms with Crippen LogP contribution in [0.2, 0.25) is 0 Å². The average molecular weight is 310 g/mol. The Morgan fingerprint density at radius 1 is 1.28 bits per heavy atom.